The molecule has 0 aliphatic carbocycles. The molecular weight excluding hydrogens is 348 g/mol. The van der Waals surface area contributed by atoms with Gasteiger partial charge in [0.15, 0.2) is 5.82 Å². The maximum absolute atomic E-state index is 12.4. The molecule has 0 bridgehead atoms. The molecule has 0 radical (unpaired) electrons. The third-order valence-electron chi connectivity index (χ3n) is 4.29. The van der Waals surface area contributed by atoms with Gasteiger partial charge in [0.2, 0.25) is 5.91 Å². The van der Waals surface area contributed by atoms with Crippen LogP contribution in [0.5, 0.6) is 0 Å². The van der Waals surface area contributed by atoms with Gasteiger partial charge in [0.05, 0.1) is 17.0 Å². The third-order valence-corrected chi connectivity index (χ3v) is 5.32. The van der Waals surface area contributed by atoms with Gasteiger partial charge in [-0.3, -0.25) is 4.79 Å². The van der Waals surface area contributed by atoms with Crippen LogP contribution in [-0.4, -0.2) is 36.7 Å². The molecule has 0 fully saturated rings. The summed E-state index contributed by atoms with van der Waals surface area (Å²) in [5.41, 5.74) is 1.00. The zero-order valence-corrected chi connectivity index (χ0v) is 16.8. The lowest BCUT2D eigenvalue weighted by Crippen LogP contribution is -2.51. The van der Waals surface area contributed by atoms with E-state index in [1.54, 1.807) is 18.5 Å². The molecule has 0 saturated heterocycles. The number of thioether (sulfide) groups is 1. The van der Waals surface area contributed by atoms with Gasteiger partial charge in [0.1, 0.15) is 10.6 Å². The van der Waals surface area contributed by atoms with E-state index in [2.05, 4.69) is 26.7 Å². The molecule has 0 saturated carbocycles. The Kier molecular flexibility index (Phi) is 6.03. The lowest BCUT2D eigenvalue weighted by Gasteiger charge is -2.28. The Balaban J connectivity index is 2.05. The van der Waals surface area contributed by atoms with Crippen LogP contribution in [0.1, 0.15) is 39.1 Å². The molecule has 8 heteroatoms. The lowest BCUT2D eigenvalue weighted by molar-refractivity contribution is -0.121. The standard InChI is InChI=1S/C18H24N6OS/c1-11(2)18(6,10-19)20-17(25)14(5)26-16-8-7-15(21-22-16)24-13(4)9-12(3)23-24/h7-9,11,14H,1-6H3,(H,20,25)/t14-,18-/m1/s1. The molecule has 0 spiro atoms. The first-order valence-electron chi connectivity index (χ1n) is 8.43. The minimum absolute atomic E-state index is 0.00786. The fourth-order valence-electron chi connectivity index (χ4n) is 2.24. The topological polar surface area (TPSA) is 96.5 Å². The van der Waals surface area contributed by atoms with Gasteiger partial charge in [-0.25, -0.2) is 4.68 Å². The number of carbonyl (C=O) groups excluding carboxylic acids is 1. The molecule has 0 unspecified atom stereocenters. The van der Waals surface area contributed by atoms with Crippen LogP contribution in [0.3, 0.4) is 0 Å². The molecule has 2 aromatic heterocycles. The molecule has 0 aromatic carbocycles. The van der Waals surface area contributed by atoms with Crippen molar-refractivity contribution in [1.82, 2.24) is 25.3 Å². The number of hydrogen-bond acceptors (Lipinski definition) is 6. The first kappa shape index (κ1) is 19.9. The summed E-state index contributed by atoms with van der Waals surface area (Å²) in [5.74, 6) is 0.444. The summed E-state index contributed by atoms with van der Waals surface area (Å²) in [5, 5.41) is 25.2. The molecule has 2 aromatic rings. The number of aromatic nitrogens is 4. The van der Waals surface area contributed by atoms with E-state index in [0.717, 1.165) is 11.4 Å². The highest BCUT2D eigenvalue weighted by Gasteiger charge is 2.31. The van der Waals surface area contributed by atoms with E-state index >= 15 is 0 Å². The minimum Gasteiger partial charge on any atom is -0.337 e. The van der Waals surface area contributed by atoms with Crippen molar-refractivity contribution >= 4 is 17.7 Å². The Morgan fingerprint density at radius 3 is 2.46 bits per heavy atom. The summed E-state index contributed by atoms with van der Waals surface area (Å²) in [6.45, 7) is 11.2. The van der Waals surface area contributed by atoms with Crippen LogP contribution >= 0.6 is 11.8 Å². The second kappa shape index (κ2) is 7.87. The maximum Gasteiger partial charge on any atom is 0.234 e. The van der Waals surface area contributed by atoms with Gasteiger partial charge in [0.25, 0.3) is 0 Å². The molecule has 0 aliphatic rings. The number of aryl methyl sites for hydroxylation is 2. The van der Waals surface area contributed by atoms with E-state index in [4.69, 9.17) is 0 Å². The van der Waals surface area contributed by atoms with E-state index in [1.807, 2.05) is 45.9 Å². The number of hydrogen-bond donors (Lipinski definition) is 1. The van der Waals surface area contributed by atoms with Crippen LogP contribution in [0.2, 0.25) is 0 Å². The number of amides is 1. The van der Waals surface area contributed by atoms with E-state index in [9.17, 15) is 10.1 Å². The smallest absolute Gasteiger partial charge is 0.234 e. The van der Waals surface area contributed by atoms with E-state index < -0.39 is 10.8 Å². The number of nitrogens with one attached hydrogen (secondary N) is 1. The van der Waals surface area contributed by atoms with Crippen molar-refractivity contribution < 1.29 is 4.79 Å². The van der Waals surface area contributed by atoms with Gasteiger partial charge >= 0.3 is 0 Å². The molecule has 1 amide bonds. The van der Waals surface area contributed by atoms with Crippen LogP contribution in [0.15, 0.2) is 23.2 Å². The molecule has 0 aliphatic heterocycles. The fourth-order valence-corrected chi connectivity index (χ4v) is 3.01. The summed E-state index contributed by atoms with van der Waals surface area (Å²) >= 11 is 1.30. The predicted molar refractivity (Wildman–Crippen MR) is 101 cm³/mol. The van der Waals surface area contributed by atoms with Crippen LogP contribution < -0.4 is 5.32 Å². The molecule has 7 nitrogen and oxygen atoms in total. The molecule has 1 N–H and O–H groups in total. The quantitative estimate of drug-likeness (QED) is 0.783. The van der Waals surface area contributed by atoms with Crippen molar-refractivity contribution in [2.24, 2.45) is 5.92 Å². The van der Waals surface area contributed by atoms with Crippen LogP contribution in [0.25, 0.3) is 5.82 Å². The zero-order valence-electron chi connectivity index (χ0n) is 15.9. The van der Waals surface area contributed by atoms with Crippen molar-refractivity contribution in [3.63, 3.8) is 0 Å². The molecule has 26 heavy (non-hydrogen) atoms. The van der Waals surface area contributed by atoms with Crippen molar-refractivity contribution in [2.75, 3.05) is 0 Å². The van der Waals surface area contributed by atoms with Gasteiger partial charge < -0.3 is 5.32 Å². The van der Waals surface area contributed by atoms with E-state index in [0.29, 0.717) is 10.8 Å². The average molecular weight is 372 g/mol. The van der Waals surface area contributed by atoms with Gasteiger partial charge in [0, 0.05) is 5.69 Å². The van der Waals surface area contributed by atoms with Crippen molar-refractivity contribution in [3.05, 3.63) is 29.6 Å². The molecule has 2 atom stereocenters. The molecule has 2 heterocycles. The third kappa shape index (κ3) is 4.41. The van der Waals surface area contributed by atoms with Gasteiger partial charge in [-0.2, -0.15) is 10.4 Å². The number of carbonyl (C=O) groups is 1. The lowest BCUT2D eigenvalue weighted by atomic mass is 9.90. The van der Waals surface area contributed by atoms with E-state index in [1.165, 1.54) is 11.8 Å². The Labute approximate surface area is 158 Å². The molecular formula is C18H24N6OS. The minimum atomic E-state index is -0.892. The second-order valence-corrected chi connectivity index (χ2v) is 8.15. The van der Waals surface area contributed by atoms with Crippen LogP contribution in [0.4, 0.5) is 0 Å². The monoisotopic (exact) mass is 372 g/mol. The molecule has 138 valence electrons. The molecule has 2 rings (SSSR count). The second-order valence-electron chi connectivity index (χ2n) is 6.79. The Morgan fingerprint density at radius 1 is 1.31 bits per heavy atom. The van der Waals surface area contributed by atoms with Gasteiger partial charge in [-0.05, 0) is 51.8 Å². The SMILES string of the molecule is Cc1cc(C)n(-c2ccc(S[C@H](C)C(=O)N[C@](C)(C#N)C(C)C)nn2)n1. The highest BCUT2D eigenvalue weighted by molar-refractivity contribution is 8.00. The predicted octanol–water partition coefficient (Wildman–Crippen LogP) is 2.81. The average Bonchev–Trinajstić information content (AvgIpc) is 2.93. The number of nitriles is 1. The summed E-state index contributed by atoms with van der Waals surface area (Å²) < 4.78 is 1.73. The van der Waals surface area contributed by atoms with Gasteiger partial charge in [-0.1, -0.05) is 25.6 Å². The summed E-state index contributed by atoms with van der Waals surface area (Å²) in [4.78, 5) is 12.4. The summed E-state index contributed by atoms with van der Waals surface area (Å²) in [7, 11) is 0. The van der Waals surface area contributed by atoms with Crippen LogP contribution in [-0.2, 0) is 4.79 Å². The van der Waals surface area contributed by atoms with Gasteiger partial charge in [-0.15, -0.1) is 10.2 Å². The van der Waals surface area contributed by atoms with Crippen molar-refractivity contribution in [3.8, 4) is 11.9 Å². The van der Waals surface area contributed by atoms with Crippen molar-refractivity contribution in [1.29, 1.82) is 5.26 Å². The van der Waals surface area contributed by atoms with E-state index in [-0.39, 0.29) is 11.8 Å². The summed E-state index contributed by atoms with van der Waals surface area (Å²) in [6.07, 6.45) is 0. The normalized spacial score (nSPS) is 14.5. The zero-order chi connectivity index (χ0) is 19.5. The van der Waals surface area contributed by atoms with Crippen LogP contribution in [0, 0.1) is 31.1 Å². The maximum atomic E-state index is 12.4. The Morgan fingerprint density at radius 2 is 2.00 bits per heavy atom. The fraction of sp³-hybridized carbons (Fsp3) is 0.500. The first-order valence-corrected chi connectivity index (χ1v) is 9.31. The Hall–Kier alpha value is -2.40. The summed E-state index contributed by atoms with van der Waals surface area (Å²) in [6, 6.07) is 7.80. The van der Waals surface area contributed by atoms with Crippen molar-refractivity contribution in [2.45, 2.75) is 57.4 Å². The number of rotatable bonds is 6. The first-order chi connectivity index (χ1) is 12.2. The highest BCUT2D eigenvalue weighted by Crippen LogP contribution is 2.23. The largest absolute Gasteiger partial charge is 0.337 e. The number of nitrogens with zero attached hydrogens (tertiary/aromatic N) is 5. The Bertz CT molecular complexity index is 823. The highest BCUT2D eigenvalue weighted by atomic mass is 32.2.